The largest absolute Gasteiger partial charge is 0.494 e. The van der Waals surface area contributed by atoms with Crippen LogP contribution in [-0.4, -0.2) is 17.5 Å². The zero-order valence-electron chi connectivity index (χ0n) is 16.4. The number of benzene rings is 3. The number of aryl methyl sites for hydroxylation is 1. The summed E-state index contributed by atoms with van der Waals surface area (Å²) in [6.07, 6.45) is 0.950. The molecule has 0 aliphatic rings. The van der Waals surface area contributed by atoms with Gasteiger partial charge in [-0.3, -0.25) is 4.79 Å². The van der Waals surface area contributed by atoms with Crippen molar-refractivity contribution in [3.05, 3.63) is 77.9 Å². The third-order valence-corrected chi connectivity index (χ3v) is 4.66. The Morgan fingerprint density at radius 3 is 2.62 bits per heavy atom. The van der Waals surface area contributed by atoms with Gasteiger partial charge >= 0.3 is 0 Å². The van der Waals surface area contributed by atoms with E-state index in [0.717, 1.165) is 28.8 Å². The lowest BCUT2D eigenvalue weighted by atomic mass is 10.1. The molecule has 29 heavy (non-hydrogen) atoms. The predicted octanol–water partition coefficient (Wildman–Crippen LogP) is 5.71. The van der Waals surface area contributed by atoms with Crippen LogP contribution in [0.2, 0.25) is 0 Å². The summed E-state index contributed by atoms with van der Waals surface area (Å²) in [5, 5.41) is 2.92. The predicted molar refractivity (Wildman–Crippen MR) is 114 cm³/mol. The van der Waals surface area contributed by atoms with Gasteiger partial charge < -0.3 is 14.5 Å². The Morgan fingerprint density at radius 2 is 1.86 bits per heavy atom. The van der Waals surface area contributed by atoms with Crippen LogP contribution in [0, 0.1) is 0 Å². The standard InChI is InChI=1S/C24H22N2O3/c1-3-16-8-13-22-21(14-16)26-24(29-22)18-6-5-7-19(15-18)25-23(27)17-9-11-20(12-10-17)28-4-2/h5-15H,3-4H2,1-2H3,(H,25,27). The molecule has 1 aromatic heterocycles. The average Bonchev–Trinajstić information content (AvgIpc) is 3.18. The van der Waals surface area contributed by atoms with Gasteiger partial charge in [0.2, 0.25) is 5.89 Å². The van der Waals surface area contributed by atoms with Crippen LogP contribution >= 0.6 is 0 Å². The van der Waals surface area contributed by atoms with Crippen LogP contribution in [0.5, 0.6) is 5.75 Å². The minimum atomic E-state index is -0.185. The van der Waals surface area contributed by atoms with E-state index in [2.05, 4.69) is 17.2 Å². The minimum Gasteiger partial charge on any atom is -0.494 e. The number of fused-ring (bicyclic) bond motifs is 1. The van der Waals surface area contributed by atoms with Crippen molar-refractivity contribution in [3.63, 3.8) is 0 Å². The lowest BCUT2D eigenvalue weighted by Gasteiger charge is -2.07. The van der Waals surface area contributed by atoms with Gasteiger partial charge in [0.1, 0.15) is 11.3 Å². The highest BCUT2D eigenvalue weighted by Crippen LogP contribution is 2.27. The summed E-state index contributed by atoms with van der Waals surface area (Å²) >= 11 is 0. The van der Waals surface area contributed by atoms with Gasteiger partial charge in [-0.2, -0.15) is 0 Å². The molecule has 0 fully saturated rings. The highest BCUT2D eigenvalue weighted by atomic mass is 16.5. The summed E-state index contributed by atoms with van der Waals surface area (Å²) in [7, 11) is 0. The third kappa shape index (κ3) is 4.14. The molecule has 5 nitrogen and oxygen atoms in total. The van der Waals surface area contributed by atoms with E-state index in [9.17, 15) is 4.79 Å². The first-order valence-electron chi connectivity index (χ1n) is 9.70. The van der Waals surface area contributed by atoms with Crippen LogP contribution in [-0.2, 0) is 6.42 Å². The molecule has 5 heteroatoms. The first-order chi connectivity index (χ1) is 14.2. The van der Waals surface area contributed by atoms with Crippen molar-refractivity contribution in [1.82, 2.24) is 4.98 Å². The minimum absolute atomic E-state index is 0.185. The maximum Gasteiger partial charge on any atom is 0.255 e. The molecule has 4 rings (SSSR count). The normalized spacial score (nSPS) is 10.8. The van der Waals surface area contributed by atoms with Crippen LogP contribution in [0.3, 0.4) is 0 Å². The first-order valence-corrected chi connectivity index (χ1v) is 9.70. The van der Waals surface area contributed by atoms with Crippen molar-refractivity contribution >= 4 is 22.7 Å². The lowest BCUT2D eigenvalue weighted by Crippen LogP contribution is -2.11. The molecule has 0 atom stereocenters. The van der Waals surface area contributed by atoms with Gasteiger partial charge in [-0.1, -0.05) is 19.1 Å². The molecule has 0 bridgehead atoms. The van der Waals surface area contributed by atoms with Gasteiger partial charge in [0, 0.05) is 16.8 Å². The number of ether oxygens (including phenoxy) is 1. The summed E-state index contributed by atoms with van der Waals surface area (Å²) in [4.78, 5) is 17.2. The quantitative estimate of drug-likeness (QED) is 0.461. The lowest BCUT2D eigenvalue weighted by molar-refractivity contribution is 0.102. The molecule has 1 heterocycles. The molecule has 146 valence electrons. The summed E-state index contributed by atoms with van der Waals surface area (Å²) in [5.41, 5.74) is 4.85. The molecule has 0 saturated heterocycles. The van der Waals surface area contributed by atoms with Gasteiger partial charge in [0.15, 0.2) is 5.58 Å². The third-order valence-electron chi connectivity index (χ3n) is 4.66. The molecule has 0 aliphatic carbocycles. The summed E-state index contributed by atoms with van der Waals surface area (Å²) in [5.74, 6) is 1.09. The van der Waals surface area contributed by atoms with Gasteiger partial charge in [-0.25, -0.2) is 4.98 Å². The fourth-order valence-electron chi connectivity index (χ4n) is 3.12. The number of amides is 1. The monoisotopic (exact) mass is 386 g/mol. The van der Waals surface area contributed by atoms with Gasteiger partial charge in [0.25, 0.3) is 5.91 Å². The van der Waals surface area contributed by atoms with Crippen molar-refractivity contribution in [3.8, 4) is 17.2 Å². The van der Waals surface area contributed by atoms with Crippen LogP contribution in [0.4, 0.5) is 5.69 Å². The van der Waals surface area contributed by atoms with Crippen LogP contribution in [0.1, 0.15) is 29.8 Å². The Kier molecular flexibility index (Phi) is 5.29. The fourth-order valence-corrected chi connectivity index (χ4v) is 3.12. The van der Waals surface area contributed by atoms with Gasteiger partial charge in [-0.15, -0.1) is 0 Å². The zero-order valence-corrected chi connectivity index (χ0v) is 16.4. The van der Waals surface area contributed by atoms with E-state index in [1.54, 1.807) is 24.3 Å². The maximum absolute atomic E-state index is 12.6. The van der Waals surface area contributed by atoms with Crippen molar-refractivity contribution < 1.29 is 13.9 Å². The highest BCUT2D eigenvalue weighted by Gasteiger charge is 2.11. The summed E-state index contributed by atoms with van der Waals surface area (Å²) in [6, 6.07) is 20.6. The summed E-state index contributed by atoms with van der Waals surface area (Å²) in [6.45, 7) is 4.62. The van der Waals surface area contributed by atoms with Crippen molar-refractivity contribution in [2.24, 2.45) is 0 Å². The van der Waals surface area contributed by atoms with Crippen LogP contribution in [0.15, 0.2) is 71.1 Å². The van der Waals surface area contributed by atoms with E-state index in [-0.39, 0.29) is 5.91 Å². The molecule has 0 radical (unpaired) electrons. The number of rotatable bonds is 6. The molecule has 0 aliphatic heterocycles. The molecule has 4 aromatic rings. The molecule has 0 spiro atoms. The van der Waals surface area contributed by atoms with E-state index in [0.29, 0.717) is 23.7 Å². The highest BCUT2D eigenvalue weighted by molar-refractivity contribution is 6.04. The molecule has 0 saturated carbocycles. The number of carbonyl (C=O) groups is 1. The van der Waals surface area contributed by atoms with E-state index < -0.39 is 0 Å². The Balaban J connectivity index is 1.54. The molecular weight excluding hydrogens is 364 g/mol. The second-order valence-corrected chi connectivity index (χ2v) is 6.67. The van der Waals surface area contributed by atoms with Gasteiger partial charge in [-0.05, 0) is 73.5 Å². The van der Waals surface area contributed by atoms with Crippen LogP contribution < -0.4 is 10.1 Å². The molecule has 3 aromatic carbocycles. The Labute approximate surface area is 169 Å². The van der Waals surface area contributed by atoms with Crippen molar-refractivity contribution in [1.29, 1.82) is 0 Å². The van der Waals surface area contributed by atoms with Crippen molar-refractivity contribution in [2.75, 3.05) is 11.9 Å². The number of carbonyl (C=O) groups excluding carboxylic acids is 1. The number of oxazole rings is 1. The fraction of sp³-hybridized carbons (Fsp3) is 0.167. The molecular formula is C24H22N2O3. The van der Waals surface area contributed by atoms with Crippen LogP contribution in [0.25, 0.3) is 22.6 Å². The number of hydrogen-bond acceptors (Lipinski definition) is 4. The van der Waals surface area contributed by atoms with E-state index in [1.165, 1.54) is 5.56 Å². The number of nitrogens with zero attached hydrogens (tertiary/aromatic N) is 1. The molecule has 1 amide bonds. The smallest absolute Gasteiger partial charge is 0.255 e. The SMILES string of the molecule is CCOc1ccc(C(=O)Nc2cccc(-c3nc4cc(CC)ccc4o3)c2)cc1. The van der Waals surface area contributed by atoms with Crippen molar-refractivity contribution in [2.45, 2.75) is 20.3 Å². The molecule has 0 unspecified atom stereocenters. The first kappa shape index (κ1) is 18.7. The van der Waals surface area contributed by atoms with E-state index in [4.69, 9.17) is 9.15 Å². The number of nitrogens with one attached hydrogen (secondary N) is 1. The van der Waals surface area contributed by atoms with E-state index in [1.807, 2.05) is 49.4 Å². The zero-order chi connectivity index (χ0) is 20.2. The van der Waals surface area contributed by atoms with E-state index >= 15 is 0 Å². The van der Waals surface area contributed by atoms with Gasteiger partial charge in [0.05, 0.1) is 6.61 Å². The topological polar surface area (TPSA) is 64.4 Å². The Morgan fingerprint density at radius 1 is 1.03 bits per heavy atom. The second kappa shape index (κ2) is 8.19. The molecule has 1 N–H and O–H groups in total. The number of aromatic nitrogens is 1. The second-order valence-electron chi connectivity index (χ2n) is 6.67. The average molecular weight is 386 g/mol. The number of hydrogen-bond donors (Lipinski definition) is 1. The maximum atomic E-state index is 12.6. The Hall–Kier alpha value is -3.60. The Bertz CT molecular complexity index is 1150. The summed E-state index contributed by atoms with van der Waals surface area (Å²) < 4.78 is 11.3. The number of anilines is 1.